The van der Waals surface area contributed by atoms with E-state index < -0.39 is 53.3 Å². The maximum atomic E-state index is 13.5. The molecule has 5 rings (SSSR count). The Hall–Kier alpha value is -4.49. The predicted molar refractivity (Wildman–Crippen MR) is 170 cm³/mol. The van der Waals surface area contributed by atoms with Crippen molar-refractivity contribution < 1.29 is 32.7 Å². The highest BCUT2D eigenvalue weighted by Crippen LogP contribution is 2.33. The largest absolute Gasteiger partial charge is 0.443 e. The number of ether oxygens (including phenoxy) is 1. The predicted octanol–water partition coefficient (Wildman–Crippen LogP) is 3.94. The summed E-state index contributed by atoms with van der Waals surface area (Å²) in [5.41, 5.74) is 2.22. The first-order valence-corrected chi connectivity index (χ1v) is 15.9. The molecule has 12 nitrogen and oxygen atoms in total. The highest BCUT2D eigenvalue weighted by atomic mass is 32.2. The van der Waals surface area contributed by atoms with Gasteiger partial charge in [-0.25, -0.2) is 9.00 Å². The second-order valence-corrected chi connectivity index (χ2v) is 12.9. The number of hydrogen-bond acceptors (Lipinski definition) is 6. The molecule has 1 fully saturated rings. The minimum atomic E-state index is -2.57. The molecule has 3 atom stereocenters. The third kappa shape index (κ3) is 7.43. The first kappa shape index (κ1) is 31.9. The first-order valence-electron chi connectivity index (χ1n) is 14.8. The van der Waals surface area contributed by atoms with Gasteiger partial charge in [-0.2, -0.15) is 0 Å². The molecule has 3 N–H and O–H groups in total. The molecule has 3 heterocycles. The van der Waals surface area contributed by atoms with Gasteiger partial charge < -0.3 is 20.3 Å². The molecule has 0 aliphatic carbocycles. The zero-order valence-corrected chi connectivity index (χ0v) is 26.2. The number of carbonyl (C=O) groups excluding carboxylic acids is 4. The van der Waals surface area contributed by atoms with Crippen LogP contribution >= 0.6 is 0 Å². The third-order valence-electron chi connectivity index (χ3n) is 7.61. The molecule has 1 aromatic heterocycles. The lowest BCUT2D eigenvalue weighted by atomic mass is 10.0. The van der Waals surface area contributed by atoms with E-state index in [0.29, 0.717) is 30.2 Å². The van der Waals surface area contributed by atoms with Crippen molar-refractivity contribution in [3.05, 3.63) is 72.4 Å². The van der Waals surface area contributed by atoms with Crippen molar-refractivity contribution in [1.82, 2.24) is 14.8 Å². The molecule has 1 saturated heterocycles. The van der Waals surface area contributed by atoms with Crippen LogP contribution < -0.4 is 14.9 Å². The zero-order valence-electron chi connectivity index (χ0n) is 25.4. The van der Waals surface area contributed by atoms with Gasteiger partial charge in [0.05, 0.1) is 23.5 Å². The summed E-state index contributed by atoms with van der Waals surface area (Å²) in [6.07, 6.45) is 2.63. The SMILES string of the molecule is CC(C)(C)OC(=O)n1cccc1-c1ccc(C[C@@H](NC(=O)CC2C(=O)Nc3ccccc3N2S(=O)O)C(=O)N2CCCC2)cc1. The van der Waals surface area contributed by atoms with E-state index in [2.05, 4.69) is 10.6 Å². The number of hydrogen-bond donors (Lipinski definition) is 3. The fourth-order valence-electron chi connectivity index (χ4n) is 5.55. The van der Waals surface area contributed by atoms with Crippen LogP contribution in [-0.2, 0) is 36.8 Å². The Morgan fingerprint density at radius 1 is 1.04 bits per heavy atom. The Balaban J connectivity index is 1.33. The first-order chi connectivity index (χ1) is 21.4. The number of nitrogens with zero attached hydrogens (tertiary/aromatic N) is 3. The minimum absolute atomic E-state index is 0.184. The molecule has 3 aromatic rings. The molecule has 238 valence electrons. The highest BCUT2D eigenvalue weighted by Gasteiger charge is 2.38. The Morgan fingerprint density at radius 2 is 1.73 bits per heavy atom. The van der Waals surface area contributed by atoms with Crippen LogP contribution in [0.25, 0.3) is 11.3 Å². The van der Waals surface area contributed by atoms with Crippen LogP contribution in [0.3, 0.4) is 0 Å². The van der Waals surface area contributed by atoms with E-state index in [1.807, 2.05) is 24.3 Å². The monoisotopic (exact) mass is 635 g/mol. The molecule has 2 aliphatic heterocycles. The van der Waals surface area contributed by atoms with E-state index in [9.17, 15) is 27.9 Å². The Labute approximate surface area is 264 Å². The lowest BCUT2D eigenvalue weighted by molar-refractivity contribution is -0.135. The molecule has 0 saturated carbocycles. The molecule has 13 heteroatoms. The lowest BCUT2D eigenvalue weighted by Gasteiger charge is -2.34. The number of anilines is 2. The number of fused-ring (bicyclic) bond motifs is 1. The lowest BCUT2D eigenvalue weighted by Crippen LogP contribution is -2.53. The van der Waals surface area contributed by atoms with Gasteiger partial charge in [-0.15, -0.1) is 0 Å². The third-order valence-corrected chi connectivity index (χ3v) is 8.40. The summed E-state index contributed by atoms with van der Waals surface area (Å²) in [4.78, 5) is 54.2. The molecule has 45 heavy (non-hydrogen) atoms. The smallest absolute Gasteiger partial charge is 0.418 e. The van der Waals surface area contributed by atoms with Gasteiger partial charge in [0.25, 0.3) is 11.3 Å². The van der Waals surface area contributed by atoms with Crippen LogP contribution in [0, 0.1) is 0 Å². The van der Waals surface area contributed by atoms with Gasteiger partial charge in [0, 0.05) is 25.7 Å². The van der Waals surface area contributed by atoms with Crippen molar-refractivity contribution in [2.24, 2.45) is 0 Å². The number of likely N-dealkylation sites (tertiary alicyclic amines) is 1. The summed E-state index contributed by atoms with van der Waals surface area (Å²) in [5.74, 6) is -1.43. The zero-order chi connectivity index (χ0) is 32.3. The summed E-state index contributed by atoms with van der Waals surface area (Å²) in [6.45, 7) is 6.58. The Bertz CT molecular complexity index is 1610. The number of benzene rings is 2. The standard InChI is InChI=1S/C32H37N5O7S/c1-32(2,3)44-31(41)36-18-8-11-25(36)22-14-12-21(13-15-22)19-24(30(40)35-16-6-7-17-35)33-28(38)20-27-29(39)34-23-9-4-5-10-26(23)37(27)45(42)43/h4-5,8-15,18,24,27H,6-7,16-17,19-20H2,1-3H3,(H,33,38)(H,34,39)(H,42,43)/t24-,27?/m1/s1. The van der Waals surface area contributed by atoms with Gasteiger partial charge in [-0.05, 0) is 69.0 Å². The van der Waals surface area contributed by atoms with Crippen molar-refractivity contribution >= 4 is 46.5 Å². The van der Waals surface area contributed by atoms with E-state index in [-0.39, 0.29) is 12.3 Å². The van der Waals surface area contributed by atoms with E-state index in [1.54, 1.807) is 68.3 Å². The quantitative estimate of drug-likeness (QED) is 0.317. The molecule has 2 unspecified atom stereocenters. The van der Waals surface area contributed by atoms with Gasteiger partial charge >= 0.3 is 6.09 Å². The second-order valence-electron chi connectivity index (χ2n) is 12.1. The van der Waals surface area contributed by atoms with Crippen LogP contribution in [0.15, 0.2) is 66.9 Å². The number of rotatable bonds is 8. The fourth-order valence-corrected chi connectivity index (χ4v) is 6.27. The maximum absolute atomic E-state index is 13.5. The van der Waals surface area contributed by atoms with Gasteiger partial charge in [0.15, 0.2) is 0 Å². The molecular formula is C32H37N5O7S. The van der Waals surface area contributed by atoms with Crippen LogP contribution in [0.2, 0.25) is 0 Å². The summed E-state index contributed by atoms with van der Waals surface area (Å²) >= 11 is -2.57. The Kier molecular flexibility index (Phi) is 9.40. The molecule has 0 spiro atoms. The average molecular weight is 636 g/mol. The van der Waals surface area contributed by atoms with Gasteiger partial charge in [-0.1, -0.05) is 36.4 Å². The molecule has 2 aliphatic rings. The number of para-hydroxylation sites is 2. The van der Waals surface area contributed by atoms with E-state index in [0.717, 1.165) is 28.3 Å². The Morgan fingerprint density at radius 3 is 2.40 bits per heavy atom. The minimum Gasteiger partial charge on any atom is -0.443 e. The topological polar surface area (TPSA) is 150 Å². The van der Waals surface area contributed by atoms with E-state index in [1.165, 1.54) is 4.57 Å². The van der Waals surface area contributed by atoms with Crippen LogP contribution in [-0.4, -0.2) is 72.8 Å². The van der Waals surface area contributed by atoms with Crippen molar-refractivity contribution in [1.29, 1.82) is 0 Å². The van der Waals surface area contributed by atoms with Gasteiger partial charge in [0.1, 0.15) is 17.7 Å². The fraction of sp³-hybridized carbons (Fsp3) is 0.375. The molecule has 3 amide bonds. The summed E-state index contributed by atoms with van der Waals surface area (Å²) in [5, 5.41) is 5.49. The summed E-state index contributed by atoms with van der Waals surface area (Å²) in [6, 6.07) is 15.3. The van der Waals surface area contributed by atoms with Crippen molar-refractivity contribution in [2.45, 2.75) is 64.1 Å². The number of amides is 3. The van der Waals surface area contributed by atoms with Gasteiger partial charge in [0.2, 0.25) is 17.7 Å². The molecular weight excluding hydrogens is 598 g/mol. The van der Waals surface area contributed by atoms with Crippen molar-refractivity contribution in [2.75, 3.05) is 22.7 Å². The summed E-state index contributed by atoms with van der Waals surface area (Å²) in [7, 11) is 0. The van der Waals surface area contributed by atoms with Crippen LogP contribution in [0.4, 0.5) is 16.2 Å². The second kappa shape index (κ2) is 13.2. The molecule has 2 aromatic carbocycles. The average Bonchev–Trinajstić information content (AvgIpc) is 3.69. The van der Waals surface area contributed by atoms with E-state index >= 15 is 0 Å². The van der Waals surface area contributed by atoms with Crippen molar-refractivity contribution in [3.8, 4) is 11.3 Å². The number of nitrogens with one attached hydrogen (secondary N) is 2. The maximum Gasteiger partial charge on any atom is 0.418 e. The normalized spacial score (nSPS) is 17.7. The van der Waals surface area contributed by atoms with Gasteiger partial charge in [-0.3, -0.25) is 27.8 Å². The van der Waals surface area contributed by atoms with E-state index in [4.69, 9.17) is 4.74 Å². The number of aromatic nitrogens is 1. The molecule has 0 bridgehead atoms. The summed E-state index contributed by atoms with van der Waals surface area (Å²) < 4.78 is 30.2. The number of carbonyl (C=O) groups is 4. The van der Waals surface area contributed by atoms with Crippen molar-refractivity contribution in [3.63, 3.8) is 0 Å². The van der Waals surface area contributed by atoms with Crippen LogP contribution in [0.5, 0.6) is 0 Å². The highest BCUT2D eigenvalue weighted by molar-refractivity contribution is 7.80. The molecule has 0 radical (unpaired) electrons. The van der Waals surface area contributed by atoms with Crippen LogP contribution in [0.1, 0.15) is 45.6 Å².